The molecule has 1 unspecified atom stereocenters. The molecule has 1 aromatic carbocycles. The molecule has 134 valence electrons. The smallest absolute Gasteiger partial charge is 0.310 e. The van der Waals surface area contributed by atoms with E-state index in [0.717, 1.165) is 0 Å². The lowest BCUT2D eigenvalue weighted by Crippen LogP contribution is -2.39. The Morgan fingerprint density at radius 3 is 2.62 bits per heavy atom. The Morgan fingerprint density at radius 2 is 2.00 bits per heavy atom. The van der Waals surface area contributed by atoms with Crippen molar-refractivity contribution in [3.8, 4) is 5.75 Å². The number of amides is 1. The summed E-state index contributed by atoms with van der Waals surface area (Å²) in [5.74, 6) is -0.479. The molecular weight excluding hydrogens is 314 g/mol. The largest absolute Gasteiger partial charge is 0.497 e. The number of carbonyl (C=O) groups is 2. The van der Waals surface area contributed by atoms with E-state index in [9.17, 15) is 9.59 Å². The van der Waals surface area contributed by atoms with Crippen molar-refractivity contribution in [3.63, 3.8) is 0 Å². The summed E-state index contributed by atoms with van der Waals surface area (Å²) in [4.78, 5) is 25.9. The predicted molar refractivity (Wildman–Crippen MR) is 88.0 cm³/mol. The number of ether oxygens (including phenoxy) is 3. The Bertz CT molecular complexity index is 534. The van der Waals surface area contributed by atoms with Gasteiger partial charge in [0, 0.05) is 18.7 Å². The first-order valence-corrected chi connectivity index (χ1v) is 7.73. The van der Waals surface area contributed by atoms with Gasteiger partial charge in [-0.3, -0.25) is 9.59 Å². The van der Waals surface area contributed by atoms with Crippen LogP contribution in [0.5, 0.6) is 5.75 Å². The van der Waals surface area contributed by atoms with Gasteiger partial charge in [0.15, 0.2) is 0 Å². The molecule has 1 rings (SSSR count). The molecule has 24 heavy (non-hydrogen) atoms. The third-order valence-electron chi connectivity index (χ3n) is 3.44. The molecular formula is C17H25NO6. The van der Waals surface area contributed by atoms with E-state index in [1.54, 1.807) is 31.2 Å². The summed E-state index contributed by atoms with van der Waals surface area (Å²) in [6, 6.07) is 6.82. The number of benzene rings is 1. The van der Waals surface area contributed by atoms with Gasteiger partial charge in [0.05, 0.1) is 40.0 Å². The zero-order valence-electron chi connectivity index (χ0n) is 14.4. The van der Waals surface area contributed by atoms with Crippen LogP contribution in [0.3, 0.4) is 0 Å². The summed E-state index contributed by atoms with van der Waals surface area (Å²) < 4.78 is 15.1. The standard InChI is InChI=1S/C17H25NO6/c1-13(17(21)23-3)12-18(7-9-24-10-8-19)16(20)14-5-4-6-15(11-14)22-2/h4-6,11,13,19H,7-10,12H2,1-3H3. The van der Waals surface area contributed by atoms with Crippen LogP contribution >= 0.6 is 0 Å². The van der Waals surface area contributed by atoms with Crippen molar-refractivity contribution in [2.24, 2.45) is 5.92 Å². The second kappa shape index (κ2) is 10.6. The fraction of sp³-hybridized carbons (Fsp3) is 0.529. The van der Waals surface area contributed by atoms with Crippen LogP contribution < -0.4 is 4.74 Å². The minimum absolute atomic E-state index is 0.0810. The molecule has 0 heterocycles. The number of aliphatic hydroxyl groups is 1. The summed E-state index contributed by atoms with van der Waals surface area (Å²) in [6.45, 7) is 2.61. The van der Waals surface area contributed by atoms with E-state index in [4.69, 9.17) is 19.3 Å². The van der Waals surface area contributed by atoms with Gasteiger partial charge in [-0.1, -0.05) is 13.0 Å². The highest BCUT2D eigenvalue weighted by Crippen LogP contribution is 2.15. The van der Waals surface area contributed by atoms with Gasteiger partial charge in [-0.2, -0.15) is 0 Å². The maximum atomic E-state index is 12.7. The first kappa shape index (κ1) is 19.9. The molecule has 0 saturated carbocycles. The van der Waals surface area contributed by atoms with Gasteiger partial charge in [0.25, 0.3) is 5.91 Å². The van der Waals surface area contributed by atoms with Gasteiger partial charge < -0.3 is 24.2 Å². The third-order valence-corrected chi connectivity index (χ3v) is 3.44. The quantitative estimate of drug-likeness (QED) is 0.505. The molecule has 7 heteroatoms. The molecule has 0 spiro atoms. The number of rotatable bonds is 10. The molecule has 0 aliphatic carbocycles. The monoisotopic (exact) mass is 339 g/mol. The fourth-order valence-corrected chi connectivity index (χ4v) is 2.16. The number of esters is 1. The second-order valence-corrected chi connectivity index (χ2v) is 5.24. The Kier molecular flexibility index (Phi) is 8.81. The average molecular weight is 339 g/mol. The maximum absolute atomic E-state index is 12.7. The average Bonchev–Trinajstić information content (AvgIpc) is 2.62. The van der Waals surface area contributed by atoms with Crippen molar-refractivity contribution >= 4 is 11.9 Å². The molecule has 0 fully saturated rings. The highest BCUT2D eigenvalue weighted by Gasteiger charge is 2.22. The lowest BCUT2D eigenvalue weighted by Gasteiger charge is -2.25. The summed E-state index contributed by atoms with van der Waals surface area (Å²) in [5, 5.41) is 8.75. The van der Waals surface area contributed by atoms with E-state index in [-0.39, 0.29) is 38.2 Å². The highest BCUT2D eigenvalue weighted by atomic mass is 16.5. The summed E-state index contributed by atoms with van der Waals surface area (Å²) in [5.41, 5.74) is 0.466. The van der Waals surface area contributed by atoms with E-state index < -0.39 is 5.92 Å². The van der Waals surface area contributed by atoms with Gasteiger partial charge in [0.2, 0.25) is 0 Å². The topological polar surface area (TPSA) is 85.3 Å². The van der Waals surface area contributed by atoms with Crippen molar-refractivity contribution in [1.29, 1.82) is 0 Å². The van der Waals surface area contributed by atoms with Crippen molar-refractivity contribution in [2.75, 3.05) is 47.1 Å². The molecule has 7 nitrogen and oxygen atoms in total. The lowest BCUT2D eigenvalue weighted by atomic mass is 10.1. The van der Waals surface area contributed by atoms with E-state index in [2.05, 4.69) is 0 Å². The van der Waals surface area contributed by atoms with E-state index in [1.165, 1.54) is 19.1 Å². The first-order valence-electron chi connectivity index (χ1n) is 7.73. The van der Waals surface area contributed by atoms with Crippen molar-refractivity contribution in [2.45, 2.75) is 6.92 Å². The van der Waals surface area contributed by atoms with Crippen LogP contribution in [0.4, 0.5) is 0 Å². The number of aliphatic hydroxyl groups excluding tert-OH is 1. The van der Waals surface area contributed by atoms with Gasteiger partial charge in [-0.25, -0.2) is 0 Å². The van der Waals surface area contributed by atoms with Gasteiger partial charge >= 0.3 is 5.97 Å². The Balaban J connectivity index is 2.84. The zero-order chi connectivity index (χ0) is 17.9. The van der Waals surface area contributed by atoms with Gasteiger partial charge in [-0.15, -0.1) is 0 Å². The molecule has 0 saturated heterocycles. The molecule has 1 N–H and O–H groups in total. The van der Waals surface area contributed by atoms with Crippen molar-refractivity contribution in [3.05, 3.63) is 29.8 Å². The molecule has 0 aromatic heterocycles. The number of methoxy groups -OCH3 is 2. The van der Waals surface area contributed by atoms with Crippen LogP contribution in [0.2, 0.25) is 0 Å². The highest BCUT2D eigenvalue weighted by molar-refractivity contribution is 5.94. The fourth-order valence-electron chi connectivity index (χ4n) is 2.16. The molecule has 1 aromatic rings. The summed E-state index contributed by atoms with van der Waals surface area (Å²) in [7, 11) is 2.85. The minimum atomic E-state index is -0.456. The van der Waals surface area contributed by atoms with Crippen LogP contribution in [-0.2, 0) is 14.3 Å². The van der Waals surface area contributed by atoms with Crippen LogP contribution in [0.25, 0.3) is 0 Å². The normalized spacial score (nSPS) is 11.7. The van der Waals surface area contributed by atoms with E-state index in [1.807, 2.05) is 0 Å². The maximum Gasteiger partial charge on any atom is 0.310 e. The Morgan fingerprint density at radius 1 is 1.25 bits per heavy atom. The van der Waals surface area contributed by atoms with Gasteiger partial charge in [0.1, 0.15) is 5.75 Å². The molecule has 0 bridgehead atoms. The zero-order valence-corrected chi connectivity index (χ0v) is 14.4. The number of nitrogens with zero attached hydrogens (tertiary/aromatic N) is 1. The molecule has 0 radical (unpaired) electrons. The second-order valence-electron chi connectivity index (χ2n) is 5.24. The number of carbonyl (C=O) groups excluding carboxylic acids is 2. The van der Waals surface area contributed by atoms with Crippen molar-refractivity contribution in [1.82, 2.24) is 4.90 Å². The molecule has 1 atom stereocenters. The van der Waals surface area contributed by atoms with Crippen LogP contribution in [0.15, 0.2) is 24.3 Å². The predicted octanol–water partition coefficient (Wildman–Crippen LogP) is 0.955. The minimum Gasteiger partial charge on any atom is -0.497 e. The molecule has 0 aliphatic rings. The third kappa shape index (κ3) is 6.17. The lowest BCUT2D eigenvalue weighted by molar-refractivity contribution is -0.145. The number of hydrogen-bond donors (Lipinski definition) is 1. The van der Waals surface area contributed by atoms with Gasteiger partial charge in [-0.05, 0) is 18.2 Å². The Labute approximate surface area is 142 Å². The van der Waals surface area contributed by atoms with Crippen LogP contribution in [-0.4, -0.2) is 69.0 Å². The summed E-state index contributed by atoms with van der Waals surface area (Å²) in [6.07, 6.45) is 0. The van der Waals surface area contributed by atoms with E-state index >= 15 is 0 Å². The Hall–Kier alpha value is -2.12. The first-order chi connectivity index (χ1) is 11.5. The number of hydrogen-bond acceptors (Lipinski definition) is 6. The van der Waals surface area contributed by atoms with Crippen molar-refractivity contribution < 1.29 is 28.9 Å². The molecule has 1 amide bonds. The molecule has 0 aliphatic heterocycles. The van der Waals surface area contributed by atoms with E-state index in [0.29, 0.717) is 17.9 Å². The van der Waals surface area contributed by atoms with Crippen LogP contribution in [0, 0.1) is 5.92 Å². The summed E-state index contributed by atoms with van der Waals surface area (Å²) >= 11 is 0. The SMILES string of the molecule is COC(=O)C(C)CN(CCOCCO)C(=O)c1cccc(OC)c1. The van der Waals surface area contributed by atoms with Crippen LogP contribution in [0.1, 0.15) is 17.3 Å².